The number of rotatable bonds is 7. The molecule has 0 saturated carbocycles. The number of ether oxygens (including phenoxy) is 1. The second-order valence-corrected chi connectivity index (χ2v) is 4.90. The van der Waals surface area contributed by atoms with E-state index in [4.69, 9.17) is 22.1 Å². The normalized spacial score (nSPS) is 10.7. The Kier molecular flexibility index (Phi) is 5.95. The highest BCUT2D eigenvalue weighted by Crippen LogP contribution is 2.26. The molecular formula is C13H19ClN2O2. The maximum absolute atomic E-state index is 10.7. The number of halogens is 1. The van der Waals surface area contributed by atoms with E-state index in [-0.39, 0.29) is 6.61 Å². The molecule has 0 spiro atoms. The van der Waals surface area contributed by atoms with Gasteiger partial charge in [0.2, 0.25) is 0 Å². The van der Waals surface area contributed by atoms with Gasteiger partial charge in [0.15, 0.2) is 6.61 Å². The smallest absolute Gasteiger partial charge is 0.255 e. The molecule has 0 aliphatic carbocycles. The zero-order chi connectivity index (χ0) is 13.5. The number of nitrogens with two attached hydrogens (primary N) is 1. The van der Waals surface area contributed by atoms with Crippen LogP contribution < -0.4 is 15.8 Å². The summed E-state index contributed by atoms with van der Waals surface area (Å²) >= 11 is 6.12. The van der Waals surface area contributed by atoms with Crippen molar-refractivity contribution in [2.75, 3.05) is 13.2 Å². The summed E-state index contributed by atoms with van der Waals surface area (Å²) in [5.74, 6) is 0.649. The number of hydrogen-bond acceptors (Lipinski definition) is 3. The Bertz CT molecular complexity index is 408. The topological polar surface area (TPSA) is 64.3 Å². The number of carbonyl (C=O) groups is 1. The summed E-state index contributed by atoms with van der Waals surface area (Å²) in [7, 11) is 0. The molecule has 100 valence electrons. The van der Waals surface area contributed by atoms with Gasteiger partial charge in [0.05, 0.1) is 0 Å². The van der Waals surface area contributed by atoms with E-state index in [1.54, 1.807) is 18.2 Å². The van der Waals surface area contributed by atoms with Gasteiger partial charge in [-0.1, -0.05) is 31.5 Å². The summed E-state index contributed by atoms with van der Waals surface area (Å²) in [4.78, 5) is 10.7. The van der Waals surface area contributed by atoms with Crippen molar-refractivity contribution in [3.8, 4) is 5.75 Å². The minimum absolute atomic E-state index is 0.141. The van der Waals surface area contributed by atoms with Crippen LogP contribution in [0.25, 0.3) is 0 Å². The summed E-state index contributed by atoms with van der Waals surface area (Å²) < 4.78 is 5.34. The first kappa shape index (κ1) is 14.8. The fraction of sp³-hybridized carbons (Fsp3) is 0.462. The highest BCUT2D eigenvalue weighted by Gasteiger charge is 2.09. The van der Waals surface area contributed by atoms with Crippen molar-refractivity contribution >= 4 is 17.5 Å². The fourth-order valence-electron chi connectivity index (χ4n) is 1.48. The predicted molar refractivity (Wildman–Crippen MR) is 72.7 cm³/mol. The van der Waals surface area contributed by atoms with Crippen LogP contribution >= 0.6 is 11.6 Å². The number of nitrogens with one attached hydrogen (secondary N) is 1. The zero-order valence-corrected chi connectivity index (χ0v) is 11.5. The second kappa shape index (κ2) is 7.24. The van der Waals surface area contributed by atoms with Gasteiger partial charge >= 0.3 is 0 Å². The van der Waals surface area contributed by atoms with Crippen molar-refractivity contribution in [1.29, 1.82) is 0 Å². The first-order valence-electron chi connectivity index (χ1n) is 5.90. The van der Waals surface area contributed by atoms with E-state index in [0.29, 0.717) is 23.2 Å². The maximum atomic E-state index is 10.7. The summed E-state index contributed by atoms with van der Waals surface area (Å²) in [5, 5.41) is 3.91. The molecule has 0 unspecified atom stereocenters. The third-order valence-corrected chi connectivity index (χ3v) is 2.65. The Morgan fingerprint density at radius 1 is 1.50 bits per heavy atom. The standard InChI is InChI=1S/C13H19ClN2O2/c1-9(2)6-16-7-10-11(14)4-3-5-12(10)18-8-13(15)17/h3-5,9,16H,6-8H2,1-2H3,(H2,15,17). The van der Waals surface area contributed by atoms with Crippen LogP contribution in [0.2, 0.25) is 5.02 Å². The van der Waals surface area contributed by atoms with Gasteiger partial charge in [-0.2, -0.15) is 0 Å². The molecule has 0 atom stereocenters. The van der Waals surface area contributed by atoms with Crippen molar-refractivity contribution in [2.45, 2.75) is 20.4 Å². The largest absolute Gasteiger partial charge is 0.483 e. The molecule has 1 aromatic carbocycles. The fourth-order valence-corrected chi connectivity index (χ4v) is 1.71. The van der Waals surface area contributed by atoms with Crippen LogP contribution in [0.4, 0.5) is 0 Å². The van der Waals surface area contributed by atoms with Gasteiger partial charge in [-0.15, -0.1) is 0 Å². The summed E-state index contributed by atoms with van der Waals surface area (Å²) in [6.07, 6.45) is 0. The molecule has 1 amide bonds. The van der Waals surface area contributed by atoms with Crippen LogP contribution in [0.5, 0.6) is 5.75 Å². The van der Waals surface area contributed by atoms with E-state index >= 15 is 0 Å². The average molecular weight is 271 g/mol. The number of primary amides is 1. The predicted octanol–water partition coefficient (Wildman–Crippen LogP) is 1.95. The van der Waals surface area contributed by atoms with Crippen LogP contribution in [0.1, 0.15) is 19.4 Å². The van der Waals surface area contributed by atoms with E-state index in [9.17, 15) is 4.79 Å². The van der Waals surface area contributed by atoms with Crippen molar-refractivity contribution in [3.05, 3.63) is 28.8 Å². The summed E-state index contributed by atoms with van der Waals surface area (Å²) in [5.41, 5.74) is 5.90. The van der Waals surface area contributed by atoms with E-state index in [0.717, 1.165) is 12.1 Å². The van der Waals surface area contributed by atoms with Gasteiger partial charge in [0.1, 0.15) is 5.75 Å². The van der Waals surface area contributed by atoms with Gasteiger partial charge in [0.25, 0.3) is 5.91 Å². The number of carbonyl (C=O) groups excluding carboxylic acids is 1. The van der Waals surface area contributed by atoms with Gasteiger partial charge in [0, 0.05) is 17.1 Å². The molecule has 0 fully saturated rings. The van der Waals surface area contributed by atoms with Crippen LogP contribution in [-0.4, -0.2) is 19.1 Å². The second-order valence-electron chi connectivity index (χ2n) is 4.50. The monoisotopic (exact) mass is 270 g/mol. The third kappa shape index (κ3) is 4.94. The molecule has 0 saturated heterocycles. The molecule has 0 aromatic heterocycles. The highest BCUT2D eigenvalue weighted by molar-refractivity contribution is 6.31. The molecule has 4 nitrogen and oxygen atoms in total. The average Bonchev–Trinajstić information content (AvgIpc) is 2.28. The SMILES string of the molecule is CC(C)CNCc1c(Cl)cccc1OCC(N)=O. The Morgan fingerprint density at radius 3 is 2.83 bits per heavy atom. The Balaban J connectivity index is 2.70. The zero-order valence-electron chi connectivity index (χ0n) is 10.7. The first-order chi connectivity index (χ1) is 8.50. The number of hydrogen-bond donors (Lipinski definition) is 2. The lowest BCUT2D eigenvalue weighted by Crippen LogP contribution is -2.22. The number of benzene rings is 1. The Hall–Kier alpha value is -1.26. The van der Waals surface area contributed by atoms with Gasteiger partial charge < -0.3 is 15.8 Å². The quantitative estimate of drug-likeness (QED) is 0.796. The van der Waals surface area contributed by atoms with Crippen LogP contribution in [0, 0.1) is 5.92 Å². The van der Waals surface area contributed by atoms with Crippen molar-refractivity contribution in [3.63, 3.8) is 0 Å². The lowest BCUT2D eigenvalue weighted by molar-refractivity contribution is -0.119. The van der Waals surface area contributed by atoms with E-state index in [2.05, 4.69) is 19.2 Å². The van der Waals surface area contributed by atoms with E-state index in [1.807, 2.05) is 0 Å². The molecule has 0 bridgehead atoms. The molecule has 18 heavy (non-hydrogen) atoms. The lowest BCUT2D eigenvalue weighted by Gasteiger charge is -2.13. The van der Waals surface area contributed by atoms with Crippen LogP contribution in [-0.2, 0) is 11.3 Å². The molecule has 1 rings (SSSR count). The Labute approximate surface area is 112 Å². The minimum Gasteiger partial charge on any atom is -0.483 e. The summed E-state index contributed by atoms with van der Waals surface area (Å²) in [6.45, 7) is 5.61. The molecule has 5 heteroatoms. The molecule has 0 aliphatic heterocycles. The molecule has 3 N–H and O–H groups in total. The molecule has 1 aromatic rings. The van der Waals surface area contributed by atoms with Crippen molar-refractivity contribution < 1.29 is 9.53 Å². The van der Waals surface area contributed by atoms with E-state index < -0.39 is 5.91 Å². The van der Waals surface area contributed by atoms with Gasteiger partial charge in [-0.05, 0) is 24.6 Å². The molecule has 0 heterocycles. The third-order valence-electron chi connectivity index (χ3n) is 2.30. The first-order valence-corrected chi connectivity index (χ1v) is 6.27. The highest BCUT2D eigenvalue weighted by atomic mass is 35.5. The van der Waals surface area contributed by atoms with Crippen molar-refractivity contribution in [1.82, 2.24) is 5.32 Å². The van der Waals surface area contributed by atoms with Gasteiger partial charge in [-0.25, -0.2) is 0 Å². The molecular weight excluding hydrogens is 252 g/mol. The maximum Gasteiger partial charge on any atom is 0.255 e. The molecule has 0 aliphatic rings. The minimum atomic E-state index is -0.504. The van der Waals surface area contributed by atoms with Crippen molar-refractivity contribution in [2.24, 2.45) is 11.7 Å². The van der Waals surface area contributed by atoms with E-state index in [1.165, 1.54) is 0 Å². The van der Waals surface area contributed by atoms with Crippen LogP contribution in [0.3, 0.4) is 0 Å². The Morgan fingerprint density at radius 2 is 2.22 bits per heavy atom. The van der Waals surface area contributed by atoms with Gasteiger partial charge in [-0.3, -0.25) is 4.79 Å². The lowest BCUT2D eigenvalue weighted by atomic mass is 10.1. The number of amides is 1. The van der Waals surface area contributed by atoms with Crippen LogP contribution in [0.15, 0.2) is 18.2 Å². The summed E-state index contributed by atoms with van der Waals surface area (Å²) in [6, 6.07) is 5.36. The molecule has 0 radical (unpaired) electrons.